The van der Waals surface area contributed by atoms with Crippen LogP contribution in [-0.4, -0.2) is 22.9 Å². The molecule has 2 aromatic carbocycles. The molecule has 7 heteroatoms. The number of imidazole rings is 1. The molecule has 20 heavy (non-hydrogen) atoms. The highest BCUT2D eigenvalue weighted by Gasteiger charge is 2.16. The number of H-pyrrole nitrogens is 1. The Balaban J connectivity index is 0.00000147. The Hall–Kier alpha value is -2.22. The van der Waals surface area contributed by atoms with Gasteiger partial charge >= 0.3 is 10.1 Å². The zero-order valence-corrected chi connectivity index (χ0v) is 11.3. The monoisotopic (exact) mass is 291 g/mol. The smallest absolute Gasteiger partial charge is 0.328 e. The fourth-order valence-electron chi connectivity index (χ4n) is 1.99. The summed E-state index contributed by atoms with van der Waals surface area (Å²) in [5.74, 6) is 0. The third-order valence-corrected chi connectivity index (χ3v) is 3.51. The van der Waals surface area contributed by atoms with Crippen molar-refractivity contribution in [3.63, 3.8) is 0 Å². The van der Waals surface area contributed by atoms with Crippen LogP contribution >= 0.6 is 0 Å². The van der Waals surface area contributed by atoms with Crippen molar-refractivity contribution < 1.29 is 13.0 Å². The molecule has 6 nitrogen and oxygen atoms in total. The lowest BCUT2D eigenvalue weighted by Crippen LogP contribution is -1.99. The minimum absolute atomic E-state index is 0. The van der Waals surface area contributed by atoms with Crippen molar-refractivity contribution in [2.24, 2.45) is 0 Å². The first kappa shape index (κ1) is 14.2. The van der Waals surface area contributed by atoms with Gasteiger partial charge in [0.15, 0.2) is 0 Å². The second kappa shape index (κ2) is 5.04. The Kier molecular flexibility index (Phi) is 3.58. The van der Waals surface area contributed by atoms with Crippen molar-refractivity contribution in [3.8, 4) is 11.1 Å². The number of hydrogen-bond acceptors (Lipinski definition) is 4. The van der Waals surface area contributed by atoms with Crippen LogP contribution in [0.1, 0.15) is 0 Å². The van der Waals surface area contributed by atoms with Crippen LogP contribution < -0.4 is 6.15 Å². The molecule has 0 fully saturated rings. The molecule has 0 aliphatic carbocycles. The molecule has 0 aliphatic rings. The fourth-order valence-corrected chi connectivity index (χ4v) is 2.43. The van der Waals surface area contributed by atoms with E-state index < -0.39 is 15.3 Å². The molecule has 0 radical (unpaired) electrons. The summed E-state index contributed by atoms with van der Waals surface area (Å²) >= 11 is 0. The summed E-state index contributed by atoms with van der Waals surface area (Å²) in [5.41, 5.74) is 2.86. The first-order valence-corrected chi connectivity index (χ1v) is 7.01. The first-order valence-electron chi connectivity index (χ1n) is 5.57. The predicted molar refractivity (Wildman–Crippen MR) is 76.4 cm³/mol. The lowest BCUT2D eigenvalue weighted by molar-refractivity contribution is 0.476. The zero-order valence-electron chi connectivity index (χ0n) is 10.4. The molecule has 5 N–H and O–H groups in total. The zero-order chi connectivity index (χ0) is 13.5. The summed E-state index contributed by atoms with van der Waals surface area (Å²) in [7, 11) is -4.33. The Morgan fingerprint density at radius 1 is 1.00 bits per heavy atom. The molecule has 104 valence electrons. The quantitative estimate of drug-likeness (QED) is 0.627. The van der Waals surface area contributed by atoms with E-state index in [1.807, 2.05) is 36.4 Å². The third-order valence-electron chi connectivity index (χ3n) is 2.83. The molecule has 0 aliphatic heterocycles. The van der Waals surface area contributed by atoms with E-state index in [9.17, 15) is 8.42 Å². The lowest BCUT2D eigenvalue weighted by atomic mass is 10.0. The van der Waals surface area contributed by atoms with Crippen molar-refractivity contribution in [2.45, 2.75) is 5.16 Å². The minimum Gasteiger partial charge on any atom is -0.344 e. The molecule has 0 unspecified atom stereocenters. The van der Waals surface area contributed by atoms with Crippen molar-refractivity contribution in [3.05, 3.63) is 48.5 Å². The summed E-state index contributed by atoms with van der Waals surface area (Å²) in [6.45, 7) is 0. The summed E-state index contributed by atoms with van der Waals surface area (Å²) < 4.78 is 31.3. The standard InChI is InChI=1S/C13H10N2O3S.H3N/c16-19(17,18)13-14-11-8-4-7-10(12(11)15-13)9-5-2-1-3-6-9;/h1-8H,(H,14,15)(H,16,17,18);1H3. The van der Waals surface area contributed by atoms with E-state index in [0.29, 0.717) is 11.0 Å². The largest absolute Gasteiger partial charge is 0.344 e. The average Bonchev–Trinajstić information content (AvgIpc) is 2.83. The molecule has 0 spiro atoms. The van der Waals surface area contributed by atoms with Gasteiger partial charge in [-0.05, 0) is 11.6 Å². The van der Waals surface area contributed by atoms with E-state index in [0.717, 1.165) is 11.1 Å². The van der Waals surface area contributed by atoms with Gasteiger partial charge in [-0.15, -0.1) is 0 Å². The van der Waals surface area contributed by atoms with Crippen LogP contribution in [0.25, 0.3) is 22.2 Å². The predicted octanol–water partition coefficient (Wildman–Crippen LogP) is 2.64. The summed E-state index contributed by atoms with van der Waals surface area (Å²) in [6.07, 6.45) is 0. The van der Waals surface area contributed by atoms with Crippen LogP contribution in [0.15, 0.2) is 53.7 Å². The van der Waals surface area contributed by atoms with E-state index in [1.54, 1.807) is 12.1 Å². The number of hydrogen-bond donors (Lipinski definition) is 3. The Bertz CT molecular complexity index is 842. The van der Waals surface area contributed by atoms with Gasteiger partial charge in [0.05, 0.1) is 11.0 Å². The van der Waals surface area contributed by atoms with Crippen LogP contribution in [0.2, 0.25) is 0 Å². The number of nitrogens with zero attached hydrogens (tertiary/aromatic N) is 1. The molecule has 1 heterocycles. The maximum Gasteiger partial charge on any atom is 0.328 e. The van der Waals surface area contributed by atoms with E-state index in [2.05, 4.69) is 9.97 Å². The number of benzene rings is 2. The molecular weight excluding hydrogens is 278 g/mol. The SMILES string of the molecule is N.O=S(=O)(O)c1nc2cccc(-c3ccccc3)c2[nH]1. The van der Waals surface area contributed by atoms with Crippen molar-refractivity contribution >= 4 is 21.2 Å². The van der Waals surface area contributed by atoms with Gasteiger partial charge in [-0.1, -0.05) is 42.5 Å². The average molecular weight is 291 g/mol. The van der Waals surface area contributed by atoms with Crippen molar-refractivity contribution in [2.75, 3.05) is 0 Å². The van der Waals surface area contributed by atoms with Gasteiger partial charge in [0.1, 0.15) is 0 Å². The van der Waals surface area contributed by atoms with Gasteiger partial charge in [0.25, 0.3) is 5.16 Å². The number of fused-ring (bicyclic) bond motifs is 1. The summed E-state index contributed by atoms with van der Waals surface area (Å²) in [4.78, 5) is 6.53. The molecule has 0 saturated carbocycles. The van der Waals surface area contributed by atoms with Crippen molar-refractivity contribution in [1.82, 2.24) is 16.1 Å². The highest BCUT2D eigenvalue weighted by molar-refractivity contribution is 7.85. The van der Waals surface area contributed by atoms with Gasteiger partial charge in [-0.25, -0.2) is 4.98 Å². The number of aromatic amines is 1. The maximum atomic E-state index is 11.1. The Morgan fingerprint density at radius 3 is 2.35 bits per heavy atom. The normalized spacial score (nSPS) is 11.2. The third kappa shape index (κ3) is 2.42. The highest BCUT2D eigenvalue weighted by atomic mass is 32.2. The van der Waals surface area contributed by atoms with E-state index >= 15 is 0 Å². The van der Waals surface area contributed by atoms with Gasteiger partial charge < -0.3 is 11.1 Å². The van der Waals surface area contributed by atoms with Crippen LogP contribution in [0.3, 0.4) is 0 Å². The van der Waals surface area contributed by atoms with Crippen LogP contribution in [-0.2, 0) is 10.1 Å². The maximum absolute atomic E-state index is 11.1. The number of nitrogens with one attached hydrogen (secondary N) is 1. The molecule has 0 saturated heterocycles. The minimum atomic E-state index is -4.33. The number of rotatable bonds is 2. The molecule has 1 aromatic heterocycles. The highest BCUT2D eigenvalue weighted by Crippen LogP contribution is 2.27. The first-order chi connectivity index (χ1) is 9.05. The van der Waals surface area contributed by atoms with Crippen molar-refractivity contribution in [1.29, 1.82) is 0 Å². The van der Waals surface area contributed by atoms with Gasteiger partial charge in [-0.3, -0.25) is 4.55 Å². The van der Waals surface area contributed by atoms with Gasteiger partial charge in [0.2, 0.25) is 0 Å². The molecule has 3 aromatic rings. The lowest BCUT2D eigenvalue weighted by Gasteiger charge is -2.01. The van der Waals surface area contributed by atoms with Crippen LogP contribution in [0.5, 0.6) is 0 Å². The Morgan fingerprint density at radius 2 is 1.70 bits per heavy atom. The number of para-hydroxylation sites is 1. The molecule has 0 bridgehead atoms. The van der Waals surface area contributed by atoms with Crippen LogP contribution in [0.4, 0.5) is 0 Å². The molecule has 0 amide bonds. The van der Waals surface area contributed by atoms with Crippen LogP contribution in [0, 0.1) is 0 Å². The Labute approximate surface area is 115 Å². The number of aromatic nitrogens is 2. The van der Waals surface area contributed by atoms with E-state index in [-0.39, 0.29) is 6.15 Å². The molecular formula is C13H13N3O3S. The second-order valence-electron chi connectivity index (χ2n) is 4.08. The molecule has 0 atom stereocenters. The summed E-state index contributed by atoms with van der Waals surface area (Å²) in [5, 5.41) is -0.439. The summed E-state index contributed by atoms with van der Waals surface area (Å²) in [6, 6.07) is 14.9. The van der Waals surface area contributed by atoms with Gasteiger partial charge in [0, 0.05) is 5.56 Å². The topological polar surface area (TPSA) is 118 Å². The molecule has 3 rings (SSSR count). The van der Waals surface area contributed by atoms with E-state index in [1.165, 1.54) is 0 Å². The van der Waals surface area contributed by atoms with E-state index in [4.69, 9.17) is 4.55 Å². The fraction of sp³-hybridized carbons (Fsp3) is 0. The van der Waals surface area contributed by atoms with Gasteiger partial charge in [-0.2, -0.15) is 8.42 Å². The second-order valence-corrected chi connectivity index (χ2v) is 5.42.